The Balaban J connectivity index is -0.000000117. The Morgan fingerprint density at radius 2 is 0.840 bits per heavy atom. The van der Waals surface area contributed by atoms with Crippen molar-refractivity contribution in [3.63, 3.8) is 0 Å². The first-order valence-corrected chi connectivity index (χ1v) is 19.5. The van der Waals surface area contributed by atoms with Crippen molar-refractivity contribution < 1.29 is 88.6 Å². The van der Waals surface area contributed by atoms with Crippen LogP contribution >= 0.6 is 36.7 Å². The molecule has 0 spiro atoms. The van der Waals surface area contributed by atoms with Gasteiger partial charge in [-0.15, -0.1) is 6.54 Å². The number of ether oxygens (including phenoxy) is 3. The van der Waals surface area contributed by atoms with Crippen LogP contribution in [-0.4, -0.2) is 106 Å². The average molecular weight is 807 g/mol. The van der Waals surface area contributed by atoms with E-state index in [2.05, 4.69) is 108 Å². The second-order valence-corrected chi connectivity index (χ2v) is 14.9. The predicted molar refractivity (Wildman–Crippen MR) is 220 cm³/mol. The van der Waals surface area contributed by atoms with Gasteiger partial charge in [-0.05, 0) is 54.0 Å². The fraction of sp³-hybridized carbons (Fsp3) is 0.944. The molecule has 0 bridgehead atoms. The maximum atomic E-state index is 10.1. The summed E-state index contributed by atoms with van der Waals surface area (Å²) in [5.41, 5.74) is 6.81. The van der Waals surface area contributed by atoms with E-state index in [0.717, 1.165) is 31.1 Å². The van der Waals surface area contributed by atoms with Crippen LogP contribution in [-0.2, 0) is 26.8 Å². The first-order valence-electron chi connectivity index (χ1n) is 17.8. The summed E-state index contributed by atoms with van der Waals surface area (Å²) < 4.78 is 18.3. The van der Waals surface area contributed by atoms with E-state index in [4.69, 9.17) is 49.9 Å². The zero-order valence-electron chi connectivity index (χ0n) is 34.7. The van der Waals surface area contributed by atoms with Crippen molar-refractivity contribution in [1.29, 1.82) is 0 Å². The maximum Gasteiger partial charge on any atom is 1.00 e. The Morgan fingerprint density at radius 1 is 0.600 bits per heavy atom. The Bertz CT molecular complexity index is 659. The number of aliphatic hydroxyl groups is 3. The van der Waals surface area contributed by atoms with E-state index in [9.17, 15) is 10.2 Å². The van der Waals surface area contributed by atoms with E-state index in [1.54, 1.807) is 4.90 Å². The van der Waals surface area contributed by atoms with Gasteiger partial charge in [0.25, 0.3) is 0 Å². The number of hydrogen-bond acceptors (Lipinski definition) is 10. The Labute approximate surface area is 375 Å². The molecule has 0 aromatic rings. The third-order valence-corrected chi connectivity index (χ3v) is 7.73. The molecule has 0 fully saturated rings. The molecule has 4 N–H and O–H groups in total. The molecule has 50 heavy (non-hydrogen) atoms. The van der Waals surface area contributed by atoms with Crippen LogP contribution in [0.3, 0.4) is 0 Å². The summed E-state index contributed by atoms with van der Waals surface area (Å²) in [4.78, 5) is 1.62. The van der Waals surface area contributed by atoms with E-state index in [1.165, 1.54) is 12.8 Å². The second-order valence-electron chi connectivity index (χ2n) is 13.2. The number of rotatable bonds is 22. The first kappa shape index (κ1) is 66.8. The molecule has 0 aliphatic rings. The topological polar surface area (TPSA) is 115 Å². The molecule has 6 unspecified atom stereocenters. The monoisotopic (exact) mass is 806 g/mol. The van der Waals surface area contributed by atoms with Crippen molar-refractivity contribution in [1.82, 2.24) is 4.90 Å². The molecule has 292 valence electrons. The van der Waals surface area contributed by atoms with Crippen LogP contribution in [0.2, 0.25) is 0 Å². The smallest absolute Gasteiger partial charge is 0.675 e. The second kappa shape index (κ2) is 51.0. The van der Waals surface area contributed by atoms with Crippen LogP contribution in [0, 0.1) is 29.6 Å². The quantitative estimate of drug-likeness (QED) is 0.0853. The molecule has 0 amide bonds. The molecule has 8 nitrogen and oxygen atoms in total. The van der Waals surface area contributed by atoms with Gasteiger partial charge in [0.15, 0.2) is 0 Å². The molecule has 0 heterocycles. The van der Waals surface area contributed by atoms with Gasteiger partial charge in [-0.2, -0.15) is 0 Å². The van der Waals surface area contributed by atoms with E-state index in [0.29, 0.717) is 44.2 Å². The Morgan fingerprint density at radius 3 is 1.02 bits per heavy atom. The molecule has 0 saturated carbocycles. The summed E-state index contributed by atoms with van der Waals surface area (Å²) in [6, 6.07) is 0. The normalized spacial score (nSPS) is 13.6. The van der Waals surface area contributed by atoms with E-state index in [-0.39, 0.29) is 96.3 Å². The van der Waals surface area contributed by atoms with Gasteiger partial charge in [0.1, 0.15) is 0 Å². The Hall–Kier alpha value is 2.05. The van der Waals surface area contributed by atoms with Crippen LogP contribution in [0.1, 0.15) is 115 Å². The molecule has 0 aromatic carbocycles. The summed E-state index contributed by atoms with van der Waals surface area (Å²) in [5.74, 6) is 3.26. The number of nitrogens with one attached hydrogen (secondary N) is 1. The van der Waals surface area contributed by atoms with Crippen LogP contribution < -0.4 is 59.1 Å². The molecule has 0 rings (SSSR count). The van der Waals surface area contributed by atoms with E-state index < -0.39 is 18.3 Å². The molecule has 0 radical (unpaired) electrons. The maximum absolute atomic E-state index is 10.1. The number of aliphatic hydroxyl groups excluding tert-OH is 3. The van der Waals surface area contributed by atoms with Crippen molar-refractivity contribution in [2.75, 3.05) is 59.3 Å². The van der Waals surface area contributed by atoms with E-state index >= 15 is 0 Å². The van der Waals surface area contributed by atoms with Crippen molar-refractivity contribution >= 4 is 57.9 Å². The van der Waals surface area contributed by atoms with Gasteiger partial charge >= 0.3 is 59.1 Å². The molecule has 0 aliphatic carbocycles. The van der Waals surface area contributed by atoms with Gasteiger partial charge < -0.3 is 65.0 Å². The third kappa shape index (κ3) is 62.1. The molecule has 0 saturated heterocycles. The van der Waals surface area contributed by atoms with Gasteiger partial charge in [0, 0.05) is 37.2 Å². The summed E-state index contributed by atoms with van der Waals surface area (Å²) >= 11 is 18.0. The molecular weight excluding hydrogens is 731 g/mol. The van der Waals surface area contributed by atoms with Crippen LogP contribution in [0.4, 0.5) is 0 Å². The van der Waals surface area contributed by atoms with Crippen molar-refractivity contribution in [2.45, 2.75) is 134 Å². The summed E-state index contributed by atoms with van der Waals surface area (Å²) in [6.45, 7) is 29.2. The SMILES string of the molecule is CCC(C)C.CCC(C)C.CCC(C)COCC(O)CN(CC(O)COCC(C)CC)C(=S)[S-].CCC(C)COCC(O)C[NH-].S=C=S.[Na+].[Na+]. The largest absolute Gasteiger partial charge is 1.00 e. The fourth-order valence-electron chi connectivity index (χ4n) is 2.47. The summed E-state index contributed by atoms with van der Waals surface area (Å²) in [7, 11) is 0. The van der Waals surface area contributed by atoms with Gasteiger partial charge in [-0.1, -0.05) is 120 Å². The van der Waals surface area contributed by atoms with Crippen molar-refractivity contribution in [2.24, 2.45) is 29.6 Å². The predicted octanol–water partition coefficient (Wildman–Crippen LogP) is 2.56. The van der Waals surface area contributed by atoms with Crippen LogP contribution in [0.15, 0.2) is 0 Å². The van der Waals surface area contributed by atoms with Gasteiger partial charge in [0.05, 0.1) is 38.1 Å². The Kier molecular flexibility index (Phi) is 68.2. The zero-order chi connectivity index (χ0) is 38.5. The molecule has 6 atom stereocenters. The van der Waals surface area contributed by atoms with Gasteiger partial charge in [-0.3, -0.25) is 0 Å². The first-order chi connectivity index (χ1) is 22.5. The minimum absolute atomic E-state index is 0. The van der Waals surface area contributed by atoms with Crippen LogP contribution in [0.5, 0.6) is 0 Å². The molecular formula is C36H76N2Na2O6S4. The molecule has 14 heteroatoms. The zero-order valence-corrected chi connectivity index (χ0v) is 41.9. The van der Waals surface area contributed by atoms with Crippen LogP contribution in [0.25, 0.3) is 5.73 Å². The minimum Gasteiger partial charge on any atom is -0.675 e. The van der Waals surface area contributed by atoms with Crippen molar-refractivity contribution in [3.8, 4) is 0 Å². The fourth-order valence-corrected chi connectivity index (χ4v) is 2.76. The molecule has 0 aromatic heterocycles. The minimum atomic E-state index is -0.691. The standard InChI is InChI=1S/C17H35NO4S2.C8H18NO2.2C5H12.CS2.2Na/c1-5-13(3)9-21-11-15(19)7-18(17(23)24)8-16(20)12-22-10-14(4)6-2;1-3-7(2)5-11-6-8(10)4-9;2*1-4-5(2)3;2-1-3;;/h13-16,19-20H,5-12H2,1-4H3,(H,23,24);7-10H,3-6H2,1-2H3;2*5H,4H2,1-3H3;;;/q;-1;;;;2*+1/p-1. The summed E-state index contributed by atoms with van der Waals surface area (Å²) in [5, 5.41) is 29.1. The number of nitrogens with zero attached hydrogens (tertiary/aromatic N) is 1. The third-order valence-electron chi connectivity index (χ3n) is 7.22. The van der Waals surface area contributed by atoms with Crippen molar-refractivity contribution in [3.05, 3.63) is 5.73 Å². The van der Waals surface area contributed by atoms with E-state index in [1.807, 2.05) is 4.31 Å². The molecule has 0 aliphatic heterocycles. The van der Waals surface area contributed by atoms with Gasteiger partial charge in [0.2, 0.25) is 0 Å². The number of hydrogen-bond donors (Lipinski definition) is 3. The number of thiocarbonyl (C=S) groups is 3. The van der Waals surface area contributed by atoms with Gasteiger partial charge in [-0.25, -0.2) is 0 Å². The summed E-state index contributed by atoms with van der Waals surface area (Å²) in [6.07, 6.45) is 3.80. The average Bonchev–Trinajstić information content (AvgIpc) is 3.04.